The standard InChI is InChI=1S/C32H31N3O6S2/c36-31(37)27(35(43(39)40)24-18-19-29-26(21-24)25-15-7-8-17-28(25)41-29)16-9-10-20-34(42)32(38)33-30(22-11-3-1-4-12-22)23-13-5-2-6-14-23/h1-8,11-15,17-19,21,27,30,42H,9-10,16,20H2,(H,33,38)(H,36,37)(H,39,40). The monoisotopic (exact) mass is 617 g/mol. The first-order valence-corrected chi connectivity index (χ1v) is 15.2. The first-order chi connectivity index (χ1) is 20.8. The molecule has 0 spiro atoms. The molecule has 4 aromatic carbocycles. The molecule has 0 fully saturated rings. The summed E-state index contributed by atoms with van der Waals surface area (Å²) in [6.45, 7) is 0.243. The van der Waals surface area contributed by atoms with E-state index in [9.17, 15) is 23.5 Å². The van der Waals surface area contributed by atoms with Gasteiger partial charge in [-0.2, -0.15) is 0 Å². The van der Waals surface area contributed by atoms with Crippen molar-refractivity contribution in [2.24, 2.45) is 0 Å². The summed E-state index contributed by atoms with van der Waals surface area (Å²) in [6, 6.07) is 29.5. The molecule has 0 bridgehead atoms. The van der Waals surface area contributed by atoms with Crippen molar-refractivity contribution in [2.45, 2.75) is 31.3 Å². The first-order valence-electron chi connectivity index (χ1n) is 13.7. The van der Waals surface area contributed by atoms with Crippen molar-refractivity contribution < 1.29 is 27.9 Å². The Bertz CT molecular complexity index is 1690. The summed E-state index contributed by atoms with van der Waals surface area (Å²) in [4.78, 5) is 25.3. The molecule has 0 saturated carbocycles. The molecule has 43 heavy (non-hydrogen) atoms. The molecule has 0 aliphatic rings. The molecule has 2 atom stereocenters. The molecule has 0 aliphatic heterocycles. The summed E-state index contributed by atoms with van der Waals surface area (Å²) in [5.74, 6) is -1.23. The maximum atomic E-state index is 13.1. The predicted octanol–water partition coefficient (Wildman–Crippen LogP) is 6.80. The van der Waals surface area contributed by atoms with Crippen molar-refractivity contribution in [3.63, 3.8) is 0 Å². The van der Waals surface area contributed by atoms with Gasteiger partial charge in [-0.3, -0.25) is 13.2 Å². The summed E-state index contributed by atoms with van der Waals surface area (Å²) in [7, 11) is 0. The molecule has 5 rings (SSSR count). The molecule has 9 nitrogen and oxygen atoms in total. The van der Waals surface area contributed by atoms with Gasteiger partial charge in [-0.1, -0.05) is 91.7 Å². The van der Waals surface area contributed by atoms with Gasteiger partial charge in [-0.05, 0) is 54.7 Å². The van der Waals surface area contributed by atoms with E-state index in [0.29, 0.717) is 29.4 Å². The normalized spacial score (nSPS) is 12.7. The highest BCUT2D eigenvalue weighted by molar-refractivity contribution is 7.80. The number of benzene rings is 4. The van der Waals surface area contributed by atoms with Gasteiger partial charge < -0.3 is 14.8 Å². The van der Waals surface area contributed by atoms with Gasteiger partial charge in [0.05, 0.1) is 11.7 Å². The number of nitrogens with one attached hydrogen (secondary N) is 1. The molecule has 0 radical (unpaired) electrons. The van der Waals surface area contributed by atoms with Crippen molar-refractivity contribution in [1.82, 2.24) is 9.62 Å². The second-order valence-corrected chi connectivity index (χ2v) is 11.3. The number of anilines is 1. The Balaban J connectivity index is 1.23. The lowest BCUT2D eigenvalue weighted by molar-refractivity contribution is -0.138. The van der Waals surface area contributed by atoms with E-state index in [-0.39, 0.29) is 24.7 Å². The van der Waals surface area contributed by atoms with E-state index >= 15 is 0 Å². The molecular weight excluding hydrogens is 587 g/mol. The highest BCUT2D eigenvalue weighted by Gasteiger charge is 2.30. The van der Waals surface area contributed by atoms with Crippen molar-refractivity contribution in [3.05, 3.63) is 114 Å². The van der Waals surface area contributed by atoms with E-state index in [1.54, 1.807) is 18.2 Å². The minimum absolute atomic E-state index is 0.0751. The lowest BCUT2D eigenvalue weighted by atomic mass is 9.99. The van der Waals surface area contributed by atoms with Crippen molar-refractivity contribution in [3.8, 4) is 0 Å². The van der Waals surface area contributed by atoms with Crippen molar-refractivity contribution >= 4 is 63.7 Å². The van der Waals surface area contributed by atoms with Crippen LogP contribution < -0.4 is 9.62 Å². The van der Waals surface area contributed by atoms with Crippen LogP contribution in [0.3, 0.4) is 0 Å². The topological polar surface area (TPSA) is 123 Å². The molecular formula is C32H31N3O6S2. The number of carbonyl (C=O) groups excluding carboxylic acids is 1. The quantitative estimate of drug-likeness (QED) is 0.0694. The number of hydrogen-bond acceptors (Lipinski definition) is 5. The number of fused-ring (bicyclic) bond motifs is 3. The largest absolute Gasteiger partial charge is 0.480 e. The number of rotatable bonds is 12. The minimum atomic E-state index is -2.60. The second kappa shape index (κ2) is 13.8. The van der Waals surface area contributed by atoms with Crippen molar-refractivity contribution in [2.75, 3.05) is 10.8 Å². The molecule has 2 unspecified atom stereocenters. The van der Waals surface area contributed by atoms with Crippen LogP contribution >= 0.6 is 12.8 Å². The van der Waals surface area contributed by atoms with Crippen LogP contribution in [0.4, 0.5) is 10.5 Å². The number of carboxylic acid groups (broad SMARTS) is 1. The Labute approximate surface area is 257 Å². The fourth-order valence-electron chi connectivity index (χ4n) is 5.12. The number of carbonyl (C=O) groups is 2. The van der Waals surface area contributed by atoms with Crippen LogP contribution in [-0.2, 0) is 16.1 Å². The van der Waals surface area contributed by atoms with Gasteiger partial charge in [0.25, 0.3) is 11.3 Å². The zero-order chi connectivity index (χ0) is 30.3. The Morgan fingerprint density at radius 3 is 2.07 bits per heavy atom. The van der Waals surface area contributed by atoms with Crippen LogP contribution in [0.25, 0.3) is 21.9 Å². The summed E-state index contributed by atoms with van der Waals surface area (Å²) in [5.41, 5.74) is 3.39. The SMILES string of the molecule is O=C(O)C(CCCCN(S)C(=O)NC(c1ccccc1)c1ccccc1)N(c1ccc2oc3ccccc3c2c1)S(=O)O. The summed E-state index contributed by atoms with van der Waals surface area (Å²) in [5, 5.41) is 14.6. The van der Waals surface area contributed by atoms with Crippen LogP contribution in [0.2, 0.25) is 0 Å². The number of urea groups is 1. The lowest BCUT2D eigenvalue weighted by Gasteiger charge is -2.27. The molecule has 3 N–H and O–H groups in total. The fraction of sp³-hybridized carbons (Fsp3) is 0.188. The van der Waals surface area contributed by atoms with Crippen LogP contribution in [0.1, 0.15) is 36.4 Å². The van der Waals surface area contributed by atoms with E-state index in [4.69, 9.17) is 4.42 Å². The summed E-state index contributed by atoms with van der Waals surface area (Å²) >= 11 is 1.77. The Morgan fingerprint density at radius 1 is 0.837 bits per heavy atom. The number of nitrogens with zero attached hydrogens (tertiary/aromatic N) is 2. The lowest BCUT2D eigenvalue weighted by Crippen LogP contribution is -2.42. The zero-order valence-corrected chi connectivity index (χ0v) is 24.8. The molecule has 0 aliphatic carbocycles. The summed E-state index contributed by atoms with van der Waals surface area (Å²) < 4.78 is 30.7. The van der Waals surface area contributed by atoms with Gasteiger partial charge in [0.2, 0.25) is 0 Å². The van der Waals surface area contributed by atoms with Gasteiger partial charge in [0, 0.05) is 17.3 Å². The zero-order valence-electron chi connectivity index (χ0n) is 23.1. The Morgan fingerprint density at radius 2 is 1.44 bits per heavy atom. The third-order valence-corrected chi connectivity index (χ3v) is 8.40. The van der Waals surface area contributed by atoms with E-state index in [1.807, 2.05) is 84.9 Å². The molecule has 222 valence electrons. The number of carboxylic acids is 1. The number of amides is 2. The van der Waals surface area contributed by atoms with Gasteiger partial charge in [-0.25, -0.2) is 13.8 Å². The minimum Gasteiger partial charge on any atom is -0.480 e. The molecule has 11 heteroatoms. The molecule has 1 heterocycles. The van der Waals surface area contributed by atoms with E-state index in [1.165, 1.54) is 4.31 Å². The van der Waals surface area contributed by atoms with Crippen LogP contribution in [0.15, 0.2) is 108 Å². The molecule has 0 saturated heterocycles. The summed E-state index contributed by atoms with van der Waals surface area (Å²) in [6.07, 6.45) is 0.873. The third-order valence-electron chi connectivity index (χ3n) is 7.22. The molecule has 2 amide bonds. The van der Waals surface area contributed by atoms with Crippen LogP contribution in [0.5, 0.6) is 0 Å². The third kappa shape index (κ3) is 7.02. The van der Waals surface area contributed by atoms with Crippen LogP contribution in [0, 0.1) is 0 Å². The van der Waals surface area contributed by atoms with E-state index < -0.39 is 29.3 Å². The molecule has 1 aromatic heterocycles. The highest BCUT2D eigenvalue weighted by atomic mass is 32.2. The maximum Gasteiger partial charge on any atom is 0.327 e. The Kier molecular flexibility index (Phi) is 9.65. The number of para-hydroxylation sites is 1. The number of unbranched alkanes of at least 4 members (excludes halogenated alkanes) is 1. The van der Waals surface area contributed by atoms with Gasteiger partial charge in [0.1, 0.15) is 17.2 Å². The number of aliphatic carboxylic acids is 1. The smallest absolute Gasteiger partial charge is 0.327 e. The van der Waals surface area contributed by atoms with Gasteiger partial charge in [0.15, 0.2) is 0 Å². The van der Waals surface area contributed by atoms with E-state index in [2.05, 4.69) is 18.1 Å². The Hall–Kier alpha value is -4.32. The average Bonchev–Trinajstić information content (AvgIpc) is 3.39. The molecule has 5 aromatic rings. The number of furan rings is 1. The maximum absolute atomic E-state index is 13.1. The van der Waals surface area contributed by atoms with Crippen LogP contribution in [-0.4, -0.2) is 42.8 Å². The van der Waals surface area contributed by atoms with Crippen molar-refractivity contribution in [1.29, 1.82) is 0 Å². The van der Waals surface area contributed by atoms with E-state index in [0.717, 1.165) is 20.8 Å². The van der Waals surface area contributed by atoms with Gasteiger partial charge in [-0.15, -0.1) is 0 Å². The average molecular weight is 618 g/mol. The second-order valence-electron chi connectivity index (χ2n) is 10.0. The fourth-order valence-corrected chi connectivity index (χ4v) is 6.03. The number of thiol groups is 1. The number of hydrogen-bond donors (Lipinski definition) is 4. The first kappa shape index (κ1) is 30.1. The van der Waals surface area contributed by atoms with Gasteiger partial charge >= 0.3 is 12.0 Å². The highest BCUT2D eigenvalue weighted by Crippen LogP contribution is 2.33. The predicted molar refractivity (Wildman–Crippen MR) is 171 cm³/mol.